The van der Waals surface area contributed by atoms with Crippen molar-refractivity contribution in [2.45, 2.75) is 25.5 Å². The van der Waals surface area contributed by atoms with Crippen LogP contribution in [0.15, 0.2) is 16.6 Å². The van der Waals surface area contributed by atoms with Crippen LogP contribution in [-0.4, -0.2) is 45.8 Å². The van der Waals surface area contributed by atoms with E-state index in [9.17, 15) is 19.1 Å². The van der Waals surface area contributed by atoms with Crippen molar-refractivity contribution in [3.05, 3.63) is 28.0 Å². The number of benzene rings is 1. The van der Waals surface area contributed by atoms with E-state index in [0.29, 0.717) is 5.56 Å². The predicted molar refractivity (Wildman–Crippen MR) is 76.6 cm³/mol. The summed E-state index contributed by atoms with van der Waals surface area (Å²) in [6.07, 6.45) is -0.893. The minimum Gasteiger partial charge on any atom is -0.480 e. The van der Waals surface area contributed by atoms with Crippen LogP contribution in [0.1, 0.15) is 12.0 Å². The summed E-state index contributed by atoms with van der Waals surface area (Å²) in [4.78, 5) is 24.2. The number of carbonyl (C=O) groups excluding carboxylic acids is 1. The number of aliphatic hydroxyl groups excluding tert-OH is 1. The molecule has 1 aliphatic heterocycles. The zero-order valence-electron chi connectivity index (χ0n) is 11.1. The number of aryl methyl sites for hydroxylation is 1. The minimum absolute atomic E-state index is 0.0174. The highest BCUT2D eigenvalue weighted by atomic mass is 79.9. The van der Waals surface area contributed by atoms with E-state index in [-0.39, 0.29) is 23.1 Å². The van der Waals surface area contributed by atoms with Crippen LogP contribution in [0.25, 0.3) is 0 Å². The molecule has 0 aliphatic carbocycles. The molecular formula is C13H14BrFN2O4. The van der Waals surface area contributed by atoms with Gasteiger partial charge in [0.1, 0.15) is 11.9 Å². The number of aliphatic hydroxyl groups is 1. The van der Waals surface area contributed by atoms with E-state index >= 15 is 0 Å². The van der Waals surface area contributed by atoms with Gasteiger partial charge in [-0.15, -0.1) is 0 Å². The molecule has 0 bridgehead atoms. The second-order valence-corrected chi connectivity index (χ2v) is 5.76. The molecule has 0 aromatic heterocycles. The lowest BCUT2D eigenvalue weighted by Gasteiger charge is -2.22. The smallest absolute Gasteiger partial charge is 0.326 e. The lowest BCUT2D eigenvalue weighted by Crippen LogP contribution is -2.43. The van der Waals surface area contributed by atoms with Crippen molar-refractivity contribution >= 4 is 33.6 Å². The van der Waals surface area contributed by atoms with Gasteiger partial charge < -0.3 is 20.4 Å². The molecule has 0 spiro atoms. The fourth-order valence-corrected chi connectivity index (χ4v) is 2.70. The van der Waals surface area contributed by atoms with Crippen molar-refractivity contribution in [1.82, 2.24) is 4.90 Å². The van der Waals surface area contributed by atoms with E-state index in [4.69, 9.17) is 5.11 Å². The summed E-state index contributed by atoms with van der Waals surface area (Å²) < 4.78 is 13.8. The molecule has 1 aromatic carbocycles. The first-order chi connectivity index (χ1) is 9.79. The number of likely N-dealkylation sites (tertiary alicyclic amines) is 1. The Labute approximate surface area is 128 Å². The molecule has 1 saturated heterocycles. The Hall–Kier alpha value is -1.67. The first-order valence-electron chi connectivity index (χ1n) is 6.23. The second-order valence-electron chi connectivity index (χ2n) is 4.91. The number of aliphatic carboxylic acids is 1. The maximum absolute atomic E-state index is 13.5. The molecule has 21 heavy (non-hydrogen) atoms. The summed E-state index contributed by atoms with van der Waals surface area (Å²) in [6.45, 7) is 1.62. The lowest BCUT2D eigenvalue weighted by atomic mass is 10.2. The zero-order chi connectivity index (χ0) is 15.7. The van der Waals surface area contributed by atoms with Crippen molar-refractivity contribution in [3.63, 3.8) is 0 Å². The Bertz CT molecular complexity index is 596. The maximum atomic E-state index is 13.5. The summed E-state index contributed by atoms with van der Waals surface area (Å²) in [7, 11) is 0. The molecule has 2 atom stereocenters. The average molecular weight is 361 g/mol. The van der Waals surface area contributed by atoms with Crippen molar-refractivity contribution in [2.24, 2.45) is 0 Å². The zero-order valence-corrected chi connectivity index (χ0v) is 12.7. The highest BCUT2D eigenvalue weighted by molar-refractivity contribution is 9.10. The summed E-state index contributed by atoms with van der Waals surface area (Å²) in [5, 5.41) is 21.0. The maximum Gasteiger partial charge on any atom is 0.326 e. The molecule has 8 heteroatoms. The number of hydrogen-bond donors (Lipinski definition) is 3. The number of carboxylic acids is 1. The Kier molecular flexibility index (Phi) is 4.48. The standard InChI is InChI=1S/C13H14BrFN2O4/c1-6-2-8(14)9(15)4-10(6)16-13(21)17-5-7(18)3-11(17)12(19)20/h2,4,7,11,18H,3,5H2,1H3,(H,16,21)(H,19,20)/t7-,11+/m1/s1. The number of urea groups is 1. The van der Waals surface area contributed by atoms with Gasteiger partial charge in [0, 0.05) is 18.7 Å². The van der Waals surface area contributed by atoms with E-state index in [2.05, 4.69) is 21.2 Å². The number of rotatable bonds is 2. The van der Waals surface area contributed by atoms with Crippen molar-refractivity contribution in [2.75, 3.05) is 11.9 Å². The second kappa shape index (κ2) is 5.98. The highest BCUT2D eigenvalue weighted by Crippen LogP contribution is 2.25. The monoisotopic (exact) mass is 360 g/mol. The Morgan fingerprint density at radius 1 is 1.48 bits per heavy atom. The van der Waals surface area contributed by atoms with Gasteiger partial charge in [0.15, 0.2) is 0 Å². The van der Waals surface area contributed by atoms with Crippen LogP contribution in [0.5, 0.6) is 0 Å². The third-order valence-electron chi connectivity index (χ3n) is 3.33. The number of carbonyl (C=O) groups is 2. The fraction of sp³-hybridized carbons (Fsp3) is 0.385. The number of nitrogens with zero attached hydrogens (tertiary/aromatic N) is 1. The van der Waals surface area contributed by atoms with Gasteiger partial charge in [-0.2, -0.15) is 0 Å². The topological polar surface area (TPSA) is 89.9 Å². The van der Waals surface area contributed by atoms with Crippen LogP contribution >= 0.6 is 15.9 Å². The van der Waals surface area contributed by atoms with Crippen molar-refractivity contribution < 1.29 is 24.2 Å². The summed E-state index contributed by atoms with van der Waals surface area (Å²) in [5.41, 5.74) is 0.884. The van der Waals surface area contributed by atoms with Gasteiger partial charge in [-0.25, -0.2) is 14.0 Å². The van der Waals surface area contributed by atoms with Crippen LogP contribution in [-0.2, 0) is 4.79 Å². The van der Waals surface area contributed by atoms with Crippen LogP contribution in [0, 0.1) is 12.7 Å². The van der Waals surface area contributed by atoms with E-state index in [1.807, 2.05) is 0 Å². The number of carboxylic acid groups (broad SMARTS) is 1. The van der Waals surface area contributed by atoms with Crippen LogP contribution in [0.3, 0.4) is 0 Å². The van der Waals surface area contributed by atoms with Crippen molar-refractivity contribution in [1.29, 1.82) is 0 Å². The van der Waals surface area contributed by atoms with E-state index < -0.39 is 30.0 Å². The average Bonchev–Trinajstić information content (AvgIpc) is 2.78. The van der Waals surface area contributed by atoms with Gasteiger partial charge in [0.05, 0.1) is 10.6 Å². The molecule has 1 aliphatic rings. The third-order valence-corrected chi connectivity index (χ3v) is 3.94. The molecule has 114 valence electrons. The minimum atomic E-state index is -1.18. The summed E-state index contributed by atoms with van der Waals surface area (Å²) in [6, 6.07) is 0.905. The Morgan fingerprint density at radius 2 is 2.14 bits per heavy atom. The molecule has 0 saturated carbocycles. The van der Waals surface area contributed by atoms with E-state index in [1.54, 1.807) is 6.92 Å². The van der Waals surface area contributed by atoms with Crippen LogP contribution in [0.2, 0.25) is 0 Å². The quantitative estimate of drug-likeness (QED) is 0.751. The Balaban J connectivity index is 2.18. The fourth-order valence-electron chi connectivity index (χ4n) is 2.24. The van der Waals surface area contributed by atoms with Gasteiger partial charge in [0.2, 0.25) is 0 Å². The van der Waals surface area contributed by atoms with E-state index in [0.717, 1.165) is 11.0 Å². The molecule has 6 nitrogen and oxygen atoms in total. The summed E-state index contributed by atoms with van der Waals surface area (Å²) in [5.74, 6) is -1.72. The molecule has 0 unspecified atom stereocenters. The first kappa shape index (κ1) is 15.7. The van der Waals surface area contributed by atoms with Crippen LogP contribution in [0.4, 0.5) is 14.9 Å². The number of nitrogens with one attached hydrogen (secondary N) is 1. The number of hydrogen-bond acceptors (Lipinski definition) is 3. The molecular weight excluding hydrogens is 347 g/mol. The number of anilines is 1. The molecule has 1 heterocycles. The number of halogens is 2. The molecule has 2 amide bonds. The largest absolute Gasteiger partial charge is 0.480 e. The van der Waals surface area contributed by atoms with Gasteiger partial charge >= 0.3 is 12.0 Å². The first-order valence-corrected chi connectivity index (χ1v) is 7.03. The van der Waals surface area contributed by atoms with E-state index in [1.165, 1.54) is 6.07 Å². The van der Waals surface area contributed by atoms with Gasteiger partial charge in [0.25, 0.3) is 0 Å². The molecule has 2 rings (SSSR count). The Morgan fingerprint density at radius 3 is 2.76 bits per heavy atom. The van der Waals surface area contributed by atoms with Gasteiger partial charge in [-0.05, 0) is 40.5 Å². The normalized spacial score (nSPS) is 21.4. The third kappa shape index (κ3) is 3.33. The highest BCUT2D eigenvalue weighted by Gasteiger charge is 2.39. The lowest BCUT2D eigenvalue weighted by molar-refractivity contribution is -0.141. The van der Waals surface area contributed by atoms with Crippen LogP contribution < -0.4 is 5.32 Å². The predicted octanol–water partition coefficient (Wildman–Crippen LogP) is 1.95. The molecule has 3 N–H and O–H groups in total. The molecule has 1 aromatic rings. The molecule has 1 fully saturated rings. The number of β-amino-alcohol motifs (C(OH)–C–C–N with tert-alkyl or cyclic N) is 1. The molecule has 0 radical (unpaired) electrons. The summed E-state index contributed by atoms with van der Waals surface area (Å²) >= 11 is 3.04. The van der Waals surface area contributed by atoms with Gasteiger partial charge in [-0.3, -0.25) is 0 Å². The number of amides is 2. The SMILES string of the molecule is Cc1cc(Br)c(F)cc1NC(=O)N1C[C@H](O)C[C@H]1C(=O)O. The van der Waals surface area contributed by atoms with Gasteiger partial charge in [-0.1, -0.05) is 0 Å². The van der Waals surface area contributed by atoms with Crippen molar-refractivity contribution in [3.8, 4) is 0 Å².